The van der Waals surface area contributed by atoms with Crippen molar-refractivity contribution in [1.82, 2.24) is 0 Å². The minimum absolute atomic E-state index is 0.507. The average molecular weight is 233 g/mol. The Kier molecular flexibility index (Phi) is 2.99. The molecule has 1 aromatic heterocycles. The van der Waals surface area contributed by atoms with E-state index in [1.807, 2.05) is 36.6 Å². The topological polar surface area (TPSA) is 35.2 Å². The molecule has 1 atom stereocenters. The minimum Gasteiger partial charge on any atom is -0.496 e. The highest BCUT2D eigenvalue weighted by Gasteiger charge is 2.27. The van der Waals surface area contributed by atoms with Gasteiger partial charge in [0.2, 0.25) is 0 Å². The van der Waals surface area contributed by atoms with E-state index in [1.165, 1.54) is 0 Å². The van der Waals surface area contributed by atoms with Crippen molar-refractivity contribution in [1.29, 1.82) is 0 Å². The first kappa shape index (κ1) is 11.2. The summed E-state index contributed by atoms with van der Waals surface area (Å²) in [6.07, 6.45) is 0. The first-order valence-corrected chi connectivity index (χ1v) is 6.05. The van der Waals surface area contributed by atoms with Crippen molar-refractivity contribution in [2.75, 3.05) is 7.11 Å². The van der Waals surface area contributed by atoms with Crippen LogP contribution in [0.5, 0.6) is 5.75 Å². The number of rotatable bonds is 3. The van der Waals surface area contributed by atoms with Crippen LogP contribution in [-0.2, 0) is 5.54 Å². The molecule has 1 unspecified atom stereocenters. The van der Waals surface area contributed by atoms with Gasteiger partial charge in [0.05, 0.1) is 12.6 Å². The predicted molar refractivity (Wildman–Crippen MR) is 68.0 cm³/mol. The van der Waals surface area contributed by atoms with E-state index in [4.69, 9.17) is 10.5 Å². The van der Waals surface area contributed by atoms with Gasteiger partial charge in [0, 0.05) is 5.56 Å². The highest BCUT2D eigenvalue weighted by atomic mass is 32.1. The third-order valence-corrected chi connectivity index (χ3v) is 3.47. The van der Waals surface area contributed by atoms with Crippen LogP contribution in [-0.4, -0.2) is 7.11 Å². The molecular weight excluding hydrogens is 218 g/mol. The minimum atomic E-state index is -0.507. The summed E-state index contributed by atoms with van der Waals surface area (Å²) in [4.78, 5) is 0. The first-order chi connectivity index (χ1) is 7.66. The molecule has 2 nitrogen and oxygen atoms in total. The standard InChI is InChI=1S/C13H15NOS/c1-13(14,10-7-8-16-9-10)11-5-3-4-6-12(11)15-2/h3-9H,14H2,1-2H3. The quantitative estimate of drug-likeness (QED) is 0.884. The summed E-state index contributed by atoms with van der Waals surface area (Å²) in [7, 11) is 1.67. The Labute approximate surface area is 99.7 Å². The highest BCUT2D eigenvalue weighted by Crippen LogP contribution is 2.33. The van der Waals surface area contributed by atoms with Crippen molar-refractivity contribution < 1.29 is 4.74 Å². The van der Waals surface area contributed by atoms with Gasteiger partial charge in [-0.05, 0) is 35.4 Å². The Balaban J connectivity index is 2.51. The average Bonchev–Trinajstić information content (AvgIpc) is 2.83. The Bertz CT molecular complexity index is 463. The van der Waals surface area contributed by atoms with E-state index in [0.29, 0.717) is 0 Å². The SMILES string of the molecule is COc1ccccc1C(C)(N)c1ccsc1. The third-order valence-electron chi connectivity index (χ3n) is 2.79. The van der Waals surface area contributed by atoms with Crippen molar-refractivity contribution in [2.45, 2.75) is 12.5 Å². The Morgan fingerprint density at radius 3 is 2.62 bits per heavy atom. The lowest BCUT2D eigenvalue weighted by Gasteiger charge is -2.26. The summed E-state index contributed by atoms with van der Waals surface area (Å²) in [5.41, 5.74) is 8.02. The van der Waals surface area contributed by atoms with Crippen molar-refractivity contribution >= 4 is 11.3 Å². The molecule has 0 aliphatic heterocycles. The molecule has 2 rings (SSSR count). The van der Waals surface area contributed by atoms with Crippen LogP contribution in [0.2, 0.25) is 0 Å². The van der Waals surface area contributed by atoms with Crippen molar-refractivity contribution in [2.24, 2.45) is 5.73 Å². The molecule has 0 aliphatic carbocycles. The van der Waals surface area contributed by atoms with Crippen LogP contribution in [0.15, 0.2) is 41.1 Å². The number of hydrogen-bond acceptors (Lipinski definition) is 3. The second kappa shape index (κ2) is 4.28. The zero-order valence-corrected chi connectivity index (χ0v) is 10.3. The van der Waals surface area contributed by atoms with E-state index in [1.54, 1.807) is 18.4 Å². The highest BCUT2D eigenvalue weighted by molar-refractivity contribution is 7.08. The molecule has 2 aromatic rings. The van der Waals surface area contributed by atoms with Crippen LogP contribution in [0, 0.1) is 0 Å². The van der Waals surface area contributed by atoms with Crippen LogP contribution in [0.25, 0.3) is 0 Å². The third kappa shape index (κ3) is 1.84. The monoisotopic (exact) mass is 233 g/mol. The van der Waals surface area contributed by atoms with E-state index in [0.717, 1.165) is 16.9 Å². The molecule has 0 saturated heterocycles. The maximum atomic E-state index is 6.41. The number of hydrogen-bond donors (Lipinski definition) is 1. The molecule has 16 heavy (non-hydrogen) atoms. The molecule has 1 heterocycles. The van der Waals surface area contributed by atoms with E-state index >= 15 is 0 Å². The zero-order valence-electron chi connectivity index (χ0n) is 9.44. The zero-order chi connectivity index (χ0) is 11.6. The van der Waals surface area contributed by atoms with Gasteiger partial charge >= 0.3 is 0 Å². The van der Waals surface area contributed by atoms with E-state index < -0.39 is 5.54 Å². The largest absolute Gasteiger partial charge is 0.496 e. The Morgan fingerprint density at radius 2 is 2.00 bits per heavy atom. The summed E-state index contributed by atoms with van der Waals surface area (Å²) in [5.74, 6) is 0.832. The molecule has 0 radical (unpaired) electrons. The summed E-state index contributed by atoms with van der Waals surface area (Å²) < 4.78 is 5.35. The maximum Gasteiger partial charge on any atom is 0.124 e. The predicted octanol–water partition coefficient (Wildman–Crippen LogP) is 2.98. The number of benzene rings is 1. The molecular formula is C13H15NOS. The molecule has 0 aliphatic rings. The van der Waals surface area contributed by atoms with Gasteiger partial charge in [0.25, 0.3) is 0 Å². The number of methoxy groups -OCH3 is 1. The van der Waals surface area contributed by atoms with Gasteiger partial charge in [0.15, 0.2) is 0 Å². The molecule has 0 amide bonds. The molecule has 0 spiro atoms. The van der Waals surface area contributed by atoms with E-state index in [-0.39, 0.29) is 0 Å². The Morgan fingerprint density at radius 1 is 1.25 bits per heavy atom. The molecule has 84 valence electrons. The van der Waals surface area contributed by atoms with Gasteiger partial charge in [0.1, 0.15) is 5.75 Å². The van der Waals surface area contributed by atoms with Crippen molar-refractivity contribution in [3.8, 4) is 5.75 Å². The summed E-state index contributed by atoms with van der Waals surface area (Å²) in [5, 5.41) is 4.11. The summed E-state index contributed by atoms with van der Waals surface area (Å²) >= 11 is 1.65. The molecule has 1 aromatic carbocycles. The number of thiophene rings is 1. The lowest BCUT2D eigenvalue weighted by molar-refractivity contribution is 0.399. The molecule has 0 saturated carbocycles. The molecule has 0 fully saturated rings. The lowest BCUT2D eigenvalue weighted by atomic mass is 9.87. The fourth-order valence-corrected chi connectivity index (χ4v) is 2.56. The van der Waals surface area contributed by atoms with Crippen LogP contribution in [0.1, 0.15) is 18.1 Å². The first-order valence-electron chi connectivity index (χ1n) is 5.11. The second-order valence-electron chi connectivity index (χ2n) is 3.91. The van der Waals surface area contributed by atoms with Gasteiger partial charge in [-0.25, -0.2) is 0 Å². The molecule has 0 bridgehead atoms. The van der Waals surface area contributed by atoms with Crippen LogP contribution >= 0.6 is 11.3 Å². The van der Waals surface area contributed by atoms with Crippen molar-refractivity contribution in [3.05, 3.63) is 52.2 Å². The normalized spacial score (nSPS) is 14.4. The second-order valence-corrected chi connectivity index (χ2v) is 4.69. The fourth-order valence-electron chi connectivity index (χ4n) is 1.79. The smallest absolute Gasteiger partial charge is 0.124 e. The lowest BCUT2D eigenvalue weighted by Crippen LogP contribution is -2.34. The van der Waals surface area contributed by atoms with Crippen LogP contribution in [0.4, 0.5) is 0 Å². The van der Waals surface area contributed by atoms with Gasteiger partial charge in [-0.2, -0.15) is 11.3 Å². The van der Waals surface area contributed by atoms with Gasteiger partial charge in [-0.3, -0.25) is 0 Å². The van der Waals surface area contributed by atoms with Gasteiger partial charge in [-0.1, -0.05) is 18.2 Å². The van der Waals surface area contributed by atoms with Gasteiger partial charge < -0.3 is 10.5 Å². The van der Waals surface area contributed by atoms with E-state index in [2.05, 4.69) is 11.4 Å². The van der Waals surface area contributed by atoms with Gasteiger partial charge in [-0.15, -0.1) is 0 Å². The number of ether oxygens (including phenoxy) is 1. The summed E-state index contributed by atoms with van der Waals surface area (Å²) in [6, 6.07) is 9.93. The molecule has 2 N–H and O–H groups in total. The maximum absolute atomic E-state index is 6.41. The number of nitrogens with two attached hydrogens (primary N) is 1. The fraction of sp³-hybridized carbons (Fsp3) is 0.231. The summed E-state index contributed by atoms with van der Waals surface area (Å²) in [6.45, 7) is 2.01. The van der Waals surface area contributed by atoms with Crippen LogP contribution in [0.3, 0.4) is 0 Å². The van der Waals surface area contributed by atoms with Crippen LogP contribution < -0.4 is 10.5 Å². The molecule has 3 heteroatoms. The van der Waals surface area contributed by atoms with E-state index in [9.17, 15) is 0 Å². The number of para-hydroxylation sites is 1. The Hall–Kier alpha value is -1.32. The van der Waals surface area contributed by atoms with Crippen molar-refractivity contribution in [3.63, 3.8) is 0 Å².